The van der Waals surface area contributed by atoms with E-state index in [0.29, 0.717) is 5.69 Å². The largest absolute Gasteiger partial charge is 0.480 e. The van der Waals surface area contributed by atoms with Gasteiger partial charge in [-0.05, 0) is 0 Å². The van der Waals surface area contributed by atoms with Gasteiger partial charge in [-0.25, -0.2) is 9.71 Å². The fourth-order valence-electron chi connectivity index (χ4n) is 0.913. The molecule has 0 aliphatic rings. The molecule has 1 atom stereocenters. The lowest BCUT2D eigenvalue weighted by atomic mass is 10.2. The van der Waals surface area contributed by atoms with Gasteiger partial charge in [0.05, 0.1) is 6.33 Å². The van der Waals surface area contributed by atoms with Crippen LogP contribution in [-0.4, -0.2) is 30.2 Å². The number of aromatic nitrogens is 2. The highest BCUT2D eigenvalue weighted by Crippen LogP contribution is 2.09. The quantitative estimate of drug-likeness (QED) is 0.423. The van der Waals surface area contributed by atoms with Crippen molar-refractivity contribution in [3.63, 3.8) is 0 Å². The molecule has 0 bridgehead atoms. The maximum absolute atomic E-state index is 10.8. The van der Waals surface area contributed by atoms with E-state index in [4.69, 9.17) is 5.11 Å². The number of nitrogens with one attached hydrogen (secondary N) is 2. The van der Waals surface area contributed by atoms with Crippen molar-refractivity contribution in [2.45, 2.75) is 12.5 Å². The Kier molecular flexibility index (Phi) is 5.05. The van der Waals surface area contributed by atoms with Crippen LogP contribution in [0.15, 0.2) is 12.5 Å². The number of carbonyl (C=O) groups is 2. The lowest BCUT2D eigenvalue weighted by molar-refractivity contribution is -0.138. The molecule has 0 fully saturated rings. The highest BCUT2D eigenvalue weighted by Gasteiger charge is 2.19. The fourth-order valence-corrected chi connectivity index (χ4v) is 1.71. The molecular weight excluding hydrogens is 333 g/mol. The Morgan fingerprint density at radius 3 is 2.93 bits per heavy atom. The average molecular weight is 341 g/mol. The van der Waals surface area contributed by atoms with Gasteiger partial charge in [0.2, 0.25) is 0 Å². The van der Waals surface area contributed by atoms with Crippen molar-refractivity contribution in [2.75, 3.05) is 0 Å². The van der Waals surface area contributed by atoms with Crippen LogP contribution in [0.1, 0.15) is 5.69 Å². The summed E-state index contributed by atoms with van der Waals surface area (Å²) >= 11 is 2.35. The number of rotatable bonds is 5. The highest BCUT2D eigenvalue weighted by molar-refractivity contribution is 14.1. The molecule has 0 aliphatic carbocycles. The Labute approximate surface area is 104 Å². The zero-order valence-corrected chi connectivity index (χ0v) is 10.4. The zero-order chi connectivity index (χ0) is 11.3. The second-order valence-electron chi connectivity index (χ2n) is 2.63. The van der Waals surface area contributed by atoms with Gasteiger partial charge < -0.3 is 10.1 Å². The SMILES string of the molecule is O=C(I)SN[C@@H](Cc1cnc[nH]1)C(=O)O. The molecule has 6 nitrogen and oxygen atoms in total. The van der Waals surface area contributed by atoms with E-state index in [0.717, 1.165) is 11.9 Å². The third kappa shape index (κ3) is 4.62. The third-order valence-corrected chi connectivity index (χ3v) is 2.78. The standard InChI is InChI=1S/C7H8IN3O3S/c8-7(14)15-11-5(6(12)13)1-4-2-9-3-10-4/h2-3,5,11H,1H2,(H,9,10)(H,12,13)/t5-/m0/s1. The minimum atomic E-state index is -1.00. The molecule has 0 amide bonds. The predicted molar refractivity (Wildman–Crippen MR) is 63.9 cm³/mol. The van der Waals surface area contributed by atoms with Crippen LogP contribution in [0.2, 0.25) is 0 Å². The Balaban J connectivity index is 2.51. The monoisotopic (exact) mass is 341 g/mol. The molecule has 0 spiro atoms. The van der Waals surface area contributed by atoms with Gasteiger partial charge in [-0.15, -0.1) is 0 Å². The van der Waals surface area contributed by atoms with Gasteiger partial charge in [-0.1, -0.05) is 0 Å². The van der Waals surface area contributed by atoms with Gasteiger partial charge in [0.15, 0.2) is 0 Å². The van der Waals surface area contributed by atoms with E-state index in [2.05, 4.69) is 14.7 Å². The molecule has 1 aromatic rings. The Hall–Kier alpha value is -0.610. The molecule has 15 heavy (non-hydrogen) atoms. The summed E-state index contributed by atoms with van der Waals surface area (Å²) in [6, 6.07) is -0.811. The second kappa shape index (κ2) is 6.08. The van der Waals surface area contributed by atoms with E-state index in [1.807, 2.05) is 0 Å². The first-order valence-electron chi connectivity index (χ1n) is 3.91. The van der Waals surface area contributed by atoms with E-state index in [1.165, 1.54) is 6.33 Å². The van der Waals surface area contributed by atoms with Crippen LogP contribution >= 0.6 is 34.5 Å². The van der Waals surface area contributed by atoms with Crippen molar-refractivity contribution >= 4 is 43.6 Å². The number of carboxylic acids is 1. The number of nitrogens with zero attached hydrogens (tertiary/aromatic N) is 1. The smallest absolute Gasteiger partial charge is 0.321 e. The number of imidazole rings is 1. The molecule has 0 aromatic carbocycles. The molecule has 0 saturated heterocycles. The summed E-state index contributed by atoms with van der Waals surface area (Å²) in [5, 5.41) is 8.86. The second-order valence-corrected chi connectivity index (χ2v) is 5.15. The molecule has 0 unspecified atom stereocenters. The van der Waals surface area contributed by atoms with Crippen molar-refractivity contribution in [1.82, 2.24) is 14.7 Å². The van der Waals surface area contributed by atoms with E-state index in [1.54, 1.807) is 28.8 Å². The van der Waals surface area contributed by atoms with Crippen molar-refractivity contribution in [2.24, 2.45) is 0 Å². The topological polar surface area (TPSA) is 95.1 Å². The van der Waals surface area contributed by atoms with E-state index in [9.17, 15) is 9.59 Å². The summed E-state index contributed by atoms with van der Waals surface area (Å²) < 4.78 is 2.36. The first-order valence-corrected chi connectivity index (χ1v) is 5.81. The minimum Gasteiger partial charge on any atom is -0.480 e. The van der Waals surface area contributed by atoms with Crippen LogP contribution in [0, 0.1) is 0 Å². The van der Waals surface area contributed by atoms with Crippen molar-refractivity contribution in [1.29, 1.82) is 0 Å². The fraction of sp³-hybridized carbons (Fsp3) is 0.286. The number of aliphatic carboxylic acids is 1. The van der Waals surface area contributed by atoms with Crippen LogP contribution in [0.3, 0.4) is 0 Å². The maximum atomic E-state index is 10.8. The third-order valence-electron chi connectivity index (χ3n) is 1.56. The summed E-state index contributed by atoms with van der Waals surface area (Å²) in [5.74, 6) is -1.00. The molecule has 1 rings (SSSR count). The van der Waals surface area contributed by atoms with Crippen molar-refractivity contribution < 1.29 is 14.7 Å². The molecule has 0 radical (unpaired) electrons. The molecular formula is C7H8IN3O3S. The van der Waals surface area contributed by atoms with Gasteiger partial charge in [-0.2, -0.15) is 0 Å². The van der Waals surface area contributed by atoms with Crippen molar-refractivity contribution in [3.05, 3.63) is 18.2 Å². The molecule has 8 heteroatoms. The summed E-state index contributed by atoms with van der Waals surface area (Å²) in [6.45, 7) is 0. The van der Waals surface area contributed by atoms with Crippen LogP contribution in [-0.2, 0) is 11.2 Å². The lowest BCUT2D eigenvalue weighted by Gasteiger charge is -2.10. The normalized spacial score (nSPS) is 12.3. The summed E-state index contributed by atoms with van der Waals surface area (Å²) in [4.78, 5) is 28.0. The van der Waals surface area contributed by atoms with Crippen LogP contribution in [0.5, 0.6) is 0 Å². The minimum absolute atomic E-state index is 0.205. The van der Waals surface area contributed by atoms with Gasteiger partial charge >= 0.3 is 5.97 Å². The summed E-state index contributed by atoms with van der Waals surface area (Å²) in [5.41, 5.74) is 0.705. The molecule has 3 N–H and O–H groups in total. The number of carbonyl (C=O) groups excluding carboxylic acids is 1. The van der Waals surface area contributed by atoms with Gasteiger partial charge in [0, 0.05) is 52.9 Å². The van der Waals surface area contributed by atoms with E-state index >= 15 is 0 Å². The number of carboxylic acid groups (broad SMARTS) is 1. The molecule has 1 aromatic heterocycles. The summed E-state index contributed by atoms with van der Waals surface area (Å²) in [7, 11) is 0. The molecule has 82 valence electrons. The predicted octanol–water partition coefficient (Wildman–Crippen LogP) is 1.20. The molecule has 0 saturated carbocycles. The number of halogens is 1. The lowest BCUT2D eigenvalue weighted by Crippen LogP contribution is -2.34. The summed E-state index contributed by atoms with van der Waals surface area (Å²) in [6.07, 6.45) is 3.28. The number of aromatic amines is 1. The number of hydrogen-bond donors (Lipinski definition) is 3. The van der Waals surface area contributed by atoms with Gasteiger partial charge in [0.25, 0.3) is 3.12 Å². The maximum Gasteiger partial charge on any atom is 0.321 e. The average Bonchev–Trinajstić information content (AvgIpc) is 2.63. The zero-order valence-electron chi connectivity index (χ0n) is 7.44. The Morgan fingerprint density at radius 2 is 2.47 bits per heavy atom. The first-order chi connectivity index (χ1) is 7.09. The number of H-pyrrole nitrogens is 1. The highest BCUT2D eigenvalue weighted by atomic mass is 127. The Morgan fingerprint density at radius 1 is 1.73 bits per heavy atom. The van der Waals surface area contributed by atoms with Gasteiger partial charge in [-0.3, -0.25) is 9.59 Å². The van der Waals surface area contributed by atoms with Crippen LogP contribution < -0.4 is 4.72 Å². The Bertz CT molecular complexity index is 343. The number of hydrogen-bond acceptors (Lipinski definition) is 5. The van der Waals surface area contributed by atoms with Crippen LogP contribution in [0.25, 0.3) is 0 Å². The van der Waals surface area contributed by atoms with Gasteiger partial charge in [0.1, 0.15) is 6.04 Å². The van der Waals surface area contributed by atoms with Crippen LogP contribution in [0.4, 0.5) is 4.79 Å². The van der Waals surface area contributed by atoms with E-state index < -0.39 is 12.0 Å². The first kappa shape index (κ1) is 12.5. The van der Waals surface area contributed by atoms with E-state index in [-0.39, 0.29) is 9.54 Å². The molecule has 0 aliphatic heterocycles. The molecule has 1 heterocycles. The van der Waals surface area contributed by atoms with Crippen molar-refractivity contribution in [3.8, 4) is 0 Å².